The minimum atomic E-state index is -0.908. The van der Waals surface area contributed by atoms with Gasteiger partial charge in [-0.3, -0.25) is 9.59 Å². The minimum Gasteiger partial charge on any atom is -0.466 e. The highest BCUT2D eigenvalue weighted by Gasteiger charge is 2.18. The summed E-state index contributed by atoms with van der Waals surface area (Å²) >= 11 is 0. The average molecular weight is 346 g/mol. The normalized spacial score (nSPS) is 12.7. The van der Waals surface area contributed by atoms with E-state index in [1.165, 1.54) is 28.1 Å². The maximum Gasteiger partial charge on any atom is 0.346 e. The van der Waals surface area contributed by atoms with Gasteiger partial charge in [0.05, 0.1) is 14.2 Å². The predicted molar refractivity (Wildman–Crippen MR) is 82.8 cm³/mol. The molecule has 0 aliphatic rings. The van der Waals surface area contributed by atoms with E-state index >= 15 is 0 Å². The van der Waals surface area contributed by atoms with Crippen LogP contribution in [-0.2, 0) is 38.1 Å². The molecule has 0 aliphatic heterocycles. The van der Waals surface area contributed by atoms with Gasteiger partial charge in [-0.2, -0.15) is 0 Å². The van der Waals surface area contributed by atoms with Crippen LogP contribution in [-0.4, -0.2) is 50.3 Å². The Balaban J connectivity index is 3.70. The van der Waals surface area contributed by atoms with E-state index in [0.29, 0.717) is 12.8 Å². The molecule has 0 aromatic heterocycles. The first-order chi connectivity index (χ1) is 11.3. The summed E-state index contributed by atoms with van der Waals surface area (Å²) in [4.78, 5) is 45.1. The van der Waals surface area contributed by atoms with Crippen LogP contribution in [0.1, 0.15) is 52.4 Å². The Hall–Kier alpha value is -2.12. The Kier molecular flexibility index (Phi) is 11.2. The molecular weight excluding hydrogens is 320 g/mol. The smallest absolute Gasteiger partial charge is 0.346 e. The highest BCUT2D eigenvalue weighted by atomic mass is 16.6. The van der Waals surface area contributed by atoms with Crippen LogP contribution in [0.3, 0.4) is 0 Å². The summed E-state index contributed by atoms with van der Waals surface area (Å²) in [7, 11) is 2.45. The molecule has 8 heteroatoms. The van der Waals surface area contributed by atoms with Crippen molar-refractivity contribution in [1.29, 1.82) is 0 Å². The fourth-order valence-electron chi connectivity index (χ4n) is 1.83. The molecule has 0 spiro atoms. The fraction of sp³-hybridized carbons (Fsp3) is 0.750. The van der Waals surface area contributed by atoms with Crippen LogP contribution < -0.4 is 0 Å². The third kappa shape index (κ3) is 9.81. The Morgan fingerprint density at radius 2 is 1.00 bits per heavy atom. The van der Waals surface area contributed by atoms with Gasteiger partial charge in [0.15, 0.2) is 12.2 Å². The first-order valence-corrected chi connectivity index (χ1v) is 7.86. The molecule has 138 valence electrons. The monoisotopic (exact) mass is 346 g/mol. The molecule has 2 atom stereocenters. The number of carbonyl (C=O) groups is 4. The SMILES string of the molecule is COC(=O)C(C)OC(=O)CCCCCCC(=O)OC(C)C(=O)OC. The first-order valence-electron chi connectivity index (χ1n) is 7.86. The lowest BCUT2D eigenvalue weighted by Crippen LogP contribution is -2.25. The van der Waals surface area contributed by atoms with Crippen molar-refractivity contribution in [2.45, 2.75) is 64.6 Å². The van der Waals surface area contributed by atoms with E-state index in [9.17, 15) is 19.2 Å². The molecule has 0 rings (SSSR count). The summed E-state index contributed by atoms with van der Waals surface area (Å²) in [6.07, 6.45) is 1.25. The van der Waals surface area contributed by atoms with Gasteiger partial charge in [0.1, 0.15) is 0 Å². The second kappa shape index (κ2) is 12.3. The van der Waals surface area contributed by atoms with Crippen LogP contribution >= 0.6 is 0 Å². The number of methoxy groups -OCH3 is 2. The van der Waals surface area contributed by atoms with Crippen molar-refractivity contribution in [3.8, 4) is 0 Å². The minimum absolute atomic E-state index is 0.200. The molecule has 0 heterocycles. The van der Waals surface area contributed by atoms with E-state index in [0.717, 1.165) is 12.8 Å². The van der Waals surface area contributed by atoms with Crippen molar-refractivity contribution in [2.75, 3.05) is 14.2 Å². The molecule has 0 aromatic carbocycles. The standard InChI is InChI=1S/C16H26O8/c1-11(15(19)21-3)23-13(17)9-7-5-6-8-10-14(18)24-12(2)16(20)22-4/h11-12H,5-10H2,1-4H3. The van der Waals surface area contributed by atoms with Gasteiger partial charge >= 0.3 is 23.9 Å². The van der Waals surface area contributed by atoms with Gasteiger partial charge in [0, 0.05) is 12.8 Å². The van der Waals surface area contributed by atoms with E-state index < -0.39 is 36.1 Å². The molecule has 8 nitrogen and oxygen atoms in total. The maximum atomic E-state index is 11.5. The number of rotatable bonds is 11. The quantitative estimate of drug-likeness (QED) is 0.315. The lowest BCUT2D eigenvalue weighted by Gasteiger charge is -2.11. The van der Waals surface area contributed by atoms with Crippen LogP contribution in [0.15, 0.2) is 0 Å². The first kappa shape index (κ1) is 21.9. The third-order valence-corrected chi connectivity index (χ3v) is 3.19. The number of unbranched alkanes of at least 4 members (excludes halogenated alkanes) is 3. The summed E-state index contributed by atoms with van der Waals surface area (Å²) in [5.74, 6) is -2.11. The Morgan fingerprint density at radius 1 is 0.667 bits per heavy atom. The van der Waals surface area contributed by atoms with Gasteiger partial charge < -0.3 is 18.9 Å². The van der Waals surface area contributed by atoms with E-state index in [4.69, 9.17) is 9.47 Å². The van der Waals surface area contributed by atoms with E-state index in [-0.39, 0.29) is 12.8 Å². The molecule has 24 heavy (non-hydrogen) atoms. The molecular formula is C16H26O8. The van der Waals surface area contributed by atoms with E-state index in [1.807, 2.05) is 0 Å². The third-order valence-electron chi connectivity index (χ3n) is 3.19. The van der Waals surface area contributed by atoms with E-state index in [2.05, 4.69) is 9.47 Å². The zero-order chi connectivity index (χ0) is 18.5. The van der Waals surface area contributed by atoms with Gasteiger partial charge in [-0.15, -0.1) is 0 Å². The van der Waals surface area contributed by atoms with Crippen LogP contribution in [0.25, 0.3) is 0 Å². The largest absolute Gasteiger partial charge is 0.466 e. The molecule has 0 bridgehead atoms. The molecule has 0 fully saturated rings. The van der Waals surface area contributed by atoms with Crippen molar-refractivity contribution in [1.82, 2.24) is 0 Å². The van der Waals surface area contributed by atoms with Crippen molar-refractivity contribution < 1.29 is 38.1 Å². The molecule has 0 aliphatic carbocycles. The van der Waals surface area contributed by atoms with Crippen molar-refractivity contribution >= 4 is 23.9 Å². The highest BCUT2D eigenvalue weighted by Crippen LogP contribution is 2.09. The number of esters is 4. The van der Waals surface area contributed by atoms with Crippen LogP contribution in [0, 0.1) is 0 Å². The fourth-order valence-corrected chi connectivity index (χ4v) is 1.83. The zero-order valence-corrected chi connectivity index (χ0v) is 14.7. The van der Waals surface area contributed by atoms with Crippen molar-refractivity contribution in [2.24, 2.45) is 0 Å². The summed E-state index contributed by atoms with van der Waals surface area (Å²) in [6.45, 7) is 2.90. The molecule has 0 N–H and O–H groups in total. The van der Waals surface area contributed by atoms with Gasteiger partial charge in [-0.05, 0) is 26.7 Å². The number of carbonyl (C=O) groups excluding carboxylic acids is 4. The molecule has 0 saturated carbocycles. The van der Waals surface area contributed by atoms with Crippen LogP contribution in [0.4, 0.5) is 0 Å². The predicted octanol–water partition coefficient (Wildman–Crippen LogP) is 1.54. The molecule has 0 saturated heterocycles. The van der Waals surface area contributed by atoms with Crippen LogP contribution in [0.2, 0.25) is 0 Å². The lowest BCUT2D eigenvalue weighted by molar-refractivity contribution is -0.164. The maximum absolute atomic E-state index is 11.5. The Bertz CT molecular complexity index is 392. The molecule has 0 aromatic rings. The number of hydrogen-bond acceptors (Lipinski definition) is 8. The van der Waals surface area contributed by atoms with Gasteiger partial charge in [-0.25, -0.2) is 9.59 Å². The molecule has 2 unspecified atom stereocenters. The molecule has 0 radical (unpaired) electrons. The highest BCUT2D eigenvalue weighted by molar-refractivity contribution is 5.79. The van der Waals surface area contributed by atoms with Gasteiger partial charge in [0.25, 0.3) is 0 Å². The second-order valence-electron chi connectivity index (χ2n) is 5.22. The number of ether oxygens (including phenoxy) is 4. The second-order valence-corrected chi connectivity index (χ2v) is 5.22. The topological polar surface area (TPSA) is 105 Å². The average Bonchev–Trinajstić information content (AvgIpc) is 2.55. The van der Waals surface area contributed by atoms with Gasteiger partial charge in [0.2, 0.25) is 0 Å². The Morgan fingerprint density at radius 3 is 1.29 bits per heavy atom. The summed E-state index contributed by atoms with van der Waals surface area (Å²) < 4.78 is 18.7. The van der Waals surface area contributed by atoms with Crippen molar-refractivity contribution in [3.05, 3.63) is 0 Å². The summed E-state index contributed by atoms with van der Waals surface area (Å²) in [6, 6.07) is 0. The Labute approximate surface area is 141 Å². The number of hydrogen-bond donors (Lipinski definition) is 0. The van der Waals surface area contributed by atoms with E-state index in [1.54, 1.807) is 0 Å². The zero-order valence-electron chi connectivity index (χ0n) is 14.7. The molecule has 0 amide bonds. The lowest BCUT2D eigenvalue weighted by atomic mass is 10.1. The summed E-state index contributed by atoms with van der Waals surface area (Å²) in [5.41, 5.74) is 0. The summed E-state index contributed by atoms with van der Waals surface area (Å²) in [5, 5.41) is 0. The van der Waals surface area contributed by atoms with Crippen LogP contribution in [0.5, 0.6) is 0 Å². The van der Waals surface area contributed by atoms with Crippen molar-refractivity contribution in [3.63, 3.8) is 0 Å². The van der Waals surface area contributed by atoms with Gasteiger partial charge in [-0.1, -0.05) is 12.8 Å².